The zero-order valence-electron chi connectivity index (χ0n) is 26.0. The molecule has 0 aromatic rings. The van der Waals surface area contributed by atoms with Crippen LogP contribution in [0.2, 0.25) is 0 Å². The van der Waals surface area contributed by atoms with Crippen LogP contribution in [0.3, 0.4) is 0 Å². The number of carbonyl (C=O) groups excluding carboxylic acids is 6. The minimum atomic E-state index is -0.920. The summed E-state index contributed by atoms with van der Waals surface area (Å²) in [7, 11) is 5.49. The highest BCUT2D eigenvalue weighted by Crippen LogP contribution is 2.06. The highest BCUT2D eigenvalue weighted by molar-refractivity contribution is 5.95. The van der Waals surface area contributed by atoms with Crippen LogP contribution >= 0.6 is 0 Å². The Balaban J connectivity index is 3.08. The Labute approximate surface area is 255 Å². The zero-order chi connectivity index (χ0) is 31.9. The molecular formula is C28H53N9O6. The standard InChI is InChI=1S/C28H53N9O6/c1-29-14-8-4-5-11-20-26(41)32-18-24(39)36-22(13-7-10-16-31-3)28(43)34-19-25(40)37-21(12-6-9-15-30-2)27(42)33-17-23(38)35-20/h20-22,29-31H,4-19H2,1-3H3,(H,32,41)(H,33,42)(H,34,43)(H,35,38)(H,36,39)(H,37,40)/t20-,21-,22-/m0/s1. The molecule has 1 saturated heterocycles. The first-order valence-electron chi connectivity index (χ1n) is 15.4. The number of hydrogen-bond donors (Lipinski definition) is 9. The van der Waals surface area contributed by atoms with Gasteiger partial charge >= 0.3 is 0 Å². The van der Waals surface area contributed by atoms with E-state index in [2.05, 4.69) is 47.9 Å². The second-order valence-corrected chi connectivity index (χ2v) is 10.7. The van der Waals surface area contributed by atoms with Gasteiger partial charge in [0.2, 0.25) is 35.4 Å². The summed E-state index contributed by atoms with van der Waals surface area (Å²) < 4.78 is 0. The van der Waals surface area contributed by atoms with Gasteiger partial charge in [0, 0.05) is 0 Å². The van der Waals surface area contributed by atoms with Crippen LogP contribution in [0.25, 0.3) is 0 Å². The Morgan fingerprint density at radius 1 is 0.465 bits per heavy atom. The van der Waals surface area contributed by atoms with E-state index in [1.165, 1.54) is 0 Å². The van der Waals surface area contributed by atoms with Crippen molar-refractivity contribution in [3.8, 4) is 0 Å². The molecule has 1 aliphatic rings. The summed E-state index contributed by atoms with van der Waals surface area (Å²) >= 11 is 0. The van der Waals surface area contributed by atoms with Crippen LogP contribution < -0.4 is 47.9 Å². The molecule has 0 spiro atoms. The molecule has 0 aliphatic carbocycles. The molecular weight excluding hydrogens is 558 g/mol. The van der Waals surface area contributed by atoms with Gasteiger partial charge in [0.1, 0.15) is 18.1 Å². The SMILES string of the molecule is CNCCCCC[C@@H]1NC(=O)CNC(=O)[C@H](CCCCNC)NC(=O)CNC(=O)[C@H](CCCCNC)NC(=O)CNC1=O. The van der Waals surface area contributed by atoms with Crippen LogP contribution in [0, 0.1) is 0 Å². The smallest absolute Gasteiger partial charge is 0.243 e. The first-order valence-corrected chi connectivity index (χ1v) is 15.4. The molecule has 0 aromatic carbocycles. The van der Waals surface area contributed by atoms with Crippen molar-refractivity contribution in [3.63, 3.8) is 0 Å². The lowest BCUT2D eigenvalue weighted by Crippen LogP contribution is -2.56. The van der Waals surface area contributed by atoms with Crippen molar-refractivity contribution < 1.29 is 28.8 Å². The summed E-state index contributed by atoms with van der Waals surface area (Å²) in [5.41, 5.74) is 0. The van der Waals surface area contributed by atoms with Gasteiger partial charge in [0.05, 0.1) is 19.6 Å². The van der Waals surface area contributed by atoms with Gasteiger partial charge in [0.15, 0.2) is 0 Å². The van der Waals surface area contributed by atoms with Crippen molar-refractivity contribution in [2.45, 2.75) is 82.3 Å². The fourth-order valence-electron chi connectivity index (χ4n) is 4.54. The summed E-state index contributed by atoms with van der Waals surface area (Å²) in [5, 5.41) is 24.7. The monoisotopic (exact) mass is 611 g/mol. The number of hydrogen-bond acceptors (Lipinski definition) is 9. The van der Waals surface area contributed by atoms with Crippen LogP contribution in [-0.4, -0.2) is 114 Å². The first-order chi connectivity index (χ1) is 20.7. The maximum absolute atomic E-state index is 13.0. The molecule has 0 aromatic heterocycles. The van der Waals surface area contributed by atoms with Crippen molar-refractivity contribution in [1.29, 1.82) is 0 Å². The van der Waals surface area contributed by atoms with Crippen molar-refractivity contribution >= 4 is 35.4 Å². The van der Waals surface area contributed by atoms with Gasteiger partial charge in [0.25, 0.3) is 0 Å². The van der Waals surface area contributed by atoms with Gasteiger partial charge in [-0.2, -0.15) is 0 Å². The molecule has 9 N–H and O–H groups in total. The third-order valence-electron chi connectivity index (χ3n) is 6.98. The predicted molar refractivity (Wildman–Crippen MR) is 163 cm³/mol. The molecule has 1 rings (SSSR count). The molecule has 246 valence electrons. The van der Waals surface area contributed by atoms with E-state index in [1.54, 1.807) is 0 Å². The first kappa shape index (κ1) is 37.7. The Morgan fingerprint density at radius 3 is 1.05 bits per heavy atom. The topological polar surface area (TPSA) is 211 Å². The van der Waals surface area contributed by atoms with Crippen LogP contribution in [-0.2, 0) is 28.8 Å². The van der Waals surface area contributed by atoms with Gasteiger partial charge in [-0.05, 0) is 92.1 Å². The Morgan fingerprint density at radius 2 is 0.744 bits per heavy atom. The average molecular weight is 612 g/mol. The van der Waals surface area contributed by atoms with Crippen LogP contribution in [0.1, 0.15) is 64.2 Å². The number of rotatable bonds is 16. The molecule has 1 fully saturated rings. The second-order valence-electron chi connectivity index (χ2n) is 10.7. The molecule has 1 heterocycles. The largest absolute Gasteiger partial charge is 0.345 e. The third kappa shape index (κ3) is 17.4. The maximum atomic E-state index is 13.0. The summed E-state index contributed by atoms with van der Waals surface area (Å²) in [5.74, 6) is -3.32. The van der Waals surface area contributed by atoms with E-state index in [-0.39, 0.29) is 0 Å². The lowest BCUT2D eigenvalue weighted by Gasteiger charge is -2.22. The van der Waals surface area contributed by atoms with Crippen LogP contribution in [0.4, 0.5) is 0 Å². The minimum Gasteiger partial charge on any atom is -0.345 e. The highest BCUT2D eigenvalue weighted by Gasteiger charge is 2.26. The summed E-state index contributed by atoms with van der Waals surface area (Å²) in [4.78, 5) is 77.0. The molecule has 0 bridgehead atoms. The molecule has 3 atom stereocenters. The summed E-state index contributed by atoms with van der Waals surface area (Å²) in [6.07, 6.45) is 6.20. The quantitative estimate of drug-likeness (QED) is 0.0834. The molecule has 0 radical (unpaired) electrons. The lowest BCUT2D eigenvalue weighted by atomic mass is 10.1. The molecule has 43 heavy (non-hydrogen) atoms. The molecule has 0 saturated carbocycles. The van der Waals surface area contributed by atoms with E-state index in [0.717, 1.165) is 45.3 Å². The van der Waals surface area contributed by atoms with E-state index in [0.29, 0.717) is 38.5 Å². The Hall–Kier alpha value is -3.30. The molecule has 15 nitrogen and oxygen atoms in total. The van der Waals surface area contributed by atoms with Crippen molar-refractivity contribution in [3.05, 3.63) is 0 Å². The number of nitrogens with one attached hydrogen (secondary N) is 9. The number of amides is 6. The van der Waals surface area contributed by atoms with E-state index in [9.17, 15) is 28.8 Å². The number of carbonyl (C=O) groups is 6. The predicted octanol–water partition coefficient (Wildman–Crippen LogP) is -2.64. The molecule has 6 amide bonds. The molecule has 1 aliphatic heterocycles. The fourth-order valence-corrected chi connectivity index (χ4v) is 4.54. The Kier molecular flexibility index (Phi) is 20.3. The van der Waals surface area contributed by atoms with Crippen LogP contribution in [0.5, 0.6) is 0 Å². The van der Waals surface area contributed by atoms with Gasteiger partial charge < -0.3 is 47.9 Å². The van der Waals surface area contributed by atoms with Crippen molar-refractivity contribution in [2.24, 2.45) is 0 Å². The van der Waals surface area contributed by atoms with Gasteiger partial charge in [-0.25, -0.2) is 0 Å². The lowest BCUT2D eigenvalue weighted by molar-refractivity contribution is -0.133. The van der Waals surface area contributed by atoms with Crippen molar-refractivity contribution in [2.75, 3.05) is 60.4 Å². The Bertz CT molecular complexity index is 879. The van der Waals surface area contributed by atoms with Gasteiger partial charge in [-0.15, -0.1) is 0 Å². The van der Waals surface area contributed by atoms with E-state index >= 15 is 0 Å². The minimum absolute atomic E-state index is 0.330. The van der Waals surface area contributed by atoms with E-state index < -0.39 is 73.2 Å². The van der Waals surface area contributed by atoms with E-state index in [1.807, 2.05) is 21.1 Å². The fraction of sp³-hybridized carbons (Fsp3) is 0.786. The normalized spacial score (nSPS) is 21.4. The second kappa shape index (κ2) is 23.2. The van der Waals surface area contributed by atoms with Gasteiger partial charge in [-0.1, -0.05) is 12.8 Å². The zero-order valence-corrected chi connectivity index (χ0v) is 26.0. The third-order valence-corrected chi connectivity index (χ3v) is 6.98. The average Bonchev–Trinajstić information content (AvgIpc) is 2.99. The maximum Gasteiger partial charge on any atom is 0.243 e. The van der Waals surface area contributed by atoms with Crippen molar-refractivity contribution in [1.82, 2.24) is 47.9 Å². The van der Waals surface area contributed by atoms with Crippen LogP contribution in [0.15, 0.2) is 0 Å². The molecule has 0 unspecified atom stereocenters. The highest BCUT2D eigenvalue weighted by atomic mass is 16.2. The van der Waals surface area contributed by atoms with Gasteiger partial charge in [-0.3, -0.25) is 28.8 Å². The summed E-state index contributed by atoms with van der Waals surface area (Å²) in [6.45, 7) is 1.12. The summed E-state index contributed by atoms with van der Waals surface area (Å²) in [6, 6.07) is -2.75. The van der Waals surface area contributed by atoms with E-state index in [4.69, 9.17) is 0 Å². The number of unbranched alkanes of at least 4 members (excludes halogenated alkanes) is 4. The molecule has 15 heteroatoms.